The summed E-state index contributed by atoms with van der Waals surface area (Å²) < 4.78 is 0. The second kappa shape index (κ2) is 5.09. The van der Waals surface area contributed by atoms with Gasteiger partial charge in [-0.1, -0.05) is 0 Å². The first kappa shape index (κ1) is 11.2. The van der Waals surface area contributed by atoms with Crippen LogP contribution in [0.2, 0.25) is 0 Å². The molecule has 5 heteroatoms. The fraction of sp³-hybridized carbons (Fsp3) is 0.444. The van der Waals surface area contributed by atoms with Crippen LogP contribution in [0.4, 0.5) is 0 Å². The van der Waals surface area contributed by atoms with E-state index in [0.29, 0.717) is 18.7 Å². The van der Waals surface area contributed by atoms with Gasteiger partial charge in [-0.3, -0.25) is 0 Å². The summed E-state index contributed by atoms with van der Waals surface area (Å²) in [6, 6.07) is 1.64. The van der Waals surface area contributed by atoms with Crippen molar-refractivity contribution in [3.8, 4) is 0 Å². The standard InChI is InChI=1S/C9H13NO3S/c1-6(11)3-10-4-8-2-7(5-14-8)9(12)13/h2,5-6,10-11H,3-4H2,1H3,(H,12,13). The third-order valence-electron chi connectivity index (χ3n) is 1.64. The zero-order chi connectivity index (χ0) is 10.6. The molecule has 0 amide bonds. The normalized spacial score (nSPS) is 12.7. The number of rotatable bonds is 5. The van der Waals surface area contributed by atoms with Crippen molar-refractivity contribution in [1.82, 2.24) is 5.32 Å². The van der Waals surface area contributed by atoms with Gasteiger partial charge in [0.25, 0.3) is 0 Å². The van der Waals surface area contributed by atoms with Crippen molar-refractivity contribution < 1.29 is 15.0 Å². The smallest absolute Gasteiger partial charge is 0.336 e. The van der Waals surface area contributed by atoms with Crippen LogP contribution in [0.3, 0.4) is 0 Å². The van der Waals surface area contributed by atoms with E-state index in [1.54, 1.807) is 18.4 Å². The van der Waals surface area contributed by atoms with Crippen molar-refractivity contribution in [2.24, 2.45) is 0 Å². The molecule has 78 valence electrons. The summed E-state index contributed by atoms with van der Waals surface area (Å²) in [5.41, 5.74) is 0.323. The molecule has 0 saturated carbocycles. The van der Waals surface area contributed by atoms with E-state index < -0.39 is 5.97 Å². The van der Waals surface area contributed by atoms with Gasteiger partial charge < -0.3 is 15.5 Å². The Bertz CT molecular complexity index is 309. The van der Waals surface area contributed by atoms with E-state index in [0.717, 1.165) is 4.88 Å². The quantitative estimate of drug-likeness (QED) is 0.683. The van der Waals surface area contributed by atoms with E-state index in [1.165, 1.54) is 11.3 Å². The second-order valence-corrected chi connectivity index (χ2v) is 4.08. The number of nitrogens with one attached hydrogen (secondary N) is 1. The summed E-state index contributed by atoms with van der Waals surface area (Å²) in [4.78, 5) is 11.5. The Balaban J connectivity index is 2.40. The SMILES string of the molecule is CC(O)CNCc1cc(C(=O)O)cs1. The van der Waals surface area contributed by atoms with E-state index in [1.807, 2.05) is 0 Å². The molecule has 0 saturated heterocycles. The maximum absolute atomic E-state index is 10.5. The maximum Gasteiger partial charge on any atom is 0.336 e. The zero-order valence-electron chi connectivity index (χ0n) is 7.86. The minimum atomic E-state index is -0.900. The zero-order valence-corrected chi connectivity index (χ0v) is 8.67. The van der Waals surface area contributed by atoms with Gasteiger partial charge in [0, 0.05) is 23.3 Å². The van der Waals surface area contributed by atoms with Crippen LogP contribution in [0.1, 0.15) is 22.2 Å². The third-order valence-corrected chi connectivity index (χ3v) is 2.58. The topological polar surface area (TPSA) is 69.6 Å². The minimum Gasteiger partial charge on any atom is -0.478 e. The molecular formula is C9H13NO3S. The molecule has 0 bridgehead atoms. The Morgan fingerprint density at radius 3 is 2.93 bits per heavy atom. The number of aliphatic hydroxyl groups is 1. The lowest BCUT2D eigenvalue weighted by Gasteiger charge is -2.04. The average molecular weight is 215 g/mol. The highest BCUT2D eigenvalue weighted by atomic mass is 32.1. The Morgan fingerprint density at radius 2 is 2.43 bits per heavy atom. The number of aliphatic hydroxyl groups excluding tert-OH is 1. The predicted molar refractivity (Wildman–Crippen MR) is 54.7 cm³/mol. The number of aromatic carboxylic acids is 1. The molecule has 0 aromatic carbocycles. The van der Waals surface area contributed by atoms with Gasteiger partial charge in [0.05, 0.1) is 11.7 Å². The van der Waals surface area contributed by atoms with Crippen molar-refractivity contribution in [2.75, 3.05) is 6.54 Å². The van der Waals surface area contributed by atoms with Crippen LogP contribution >= 0.6 is 11.3 Å². The minimum absolute atomic E-state index is 0.323. The van der Waals surface area contributed by atoms with Crippen molar-refractivity contribution in [1.29, 1.82) is 0 Å². The van der Waals surface area contributed by atoms with Crippen LogP contribution in [0.15, 0.2) is 11.4 Å². The highest BCUT2D eigenvalue weighted by Crippen LogP contribution is 2.14. The van der Waals surface area contributed by atoms with E-state index >= 15 is 0 Å². The van der Waals surface area contributed by atoms with E-state index in [9.17, 15) is 4.79 Å². The molecule has 1 heterocycles. The highest BCUT2D eigenvalue weighted by Gasteiger charge is 2.05. The fourth-order valence-electron chi connectivity index (χ4n) is 0.990. The summed E-state index contributed by atoms with van der Waals surface area (Å²) in [5.74, 6) is -0.900. The van der Waals surface area contributed by atoms with Gasteiger partial charge in [0.2, 0.25) is 0 Å². The van der Waals surface area contributed by atoms with Crippen LogP contribution in [-0.2, 0) is 6.54 Å². The molecular weight excluding hydrogens is 202 g/mol. The first-order chi connectivity index (χ1) is 6.59. The van der Waals surface area contributed by atoms with Crippen molar-refractivity contribution in [3.05, 3.63) is 21.9 Å². The van der Waals surface area contributed by atoms with Crippen molar-refractivity contribution >= 4 is 17.3 Å². The molecule has 1 unspecified atom stereocenters. The molecule has 3 N–H and O–H groups in total. The Hall–Kier alpha value is -0.910. The van der Waals surface area contributed by atoms with Gasteiger partial charge in [0.1, 0.15) is 0 Å². The average Bonchev–Trinajstić information content (AvgIpc) is 2.52. The Labute approximate surface area is 86.2 Å². The van der Waals surface area contributed by atoms with Gasteiger partial charge in [0.15, 0.2) is 0 Å². The predicted octanol–water partition coefficient (Wildman–Crippen LogP) is 0.917. The van der Waals surface area contributed by atoms with Crippen molar-refractivity contribution in [2.45, 2.75) is 19.6 Å². The molecule has 14 heavy (non-hydrogen) atoms. The number of thiophene rings is 1. The lowest BCUT2D eigenvalue weighted by molar-refractivity contribution is 0.0697. The molecule has 4 nitrogen and oxygen atoms in total. The molecule has 1 aromatic rings. The molecule has 0 aliphatic heterocycles. The number of hydrogen-bond acceptors (Lipinski definition) is 4. The third kappa shape index (κ3) is 3.45. The fourth-order valence-corrected chi connectivity index (χ4v) is 1.82. The van der Waals surface area contributed by atoms with Crippen LogP contribution in [0, 0.1) is 0 Å². The summed E-state index contributed by atoms with van der Waals surface area (Å²) in [6.07, 6.45) is -0.381. The maximum atomic E-state index is 10.5. The van der Waals surface area contributed by atoms with E-state index in [-0.39, 0.29) is 6.10 Å². The van der Waals surface area contributed by atoms with Crippen LogP contribution in [0.25, 0.3) is 0 Å². The Kier molecular flexibility index (Phi) is 4.06. The van der Waals surface area contributed by atoms with Crippen LogP contribution in [0.5, 0.6) is 0 Å². The van der Waals surface area contributed by atoms with E-state index in [4.69, 9.17) is 10.2 Å². The van der Waals surface area contributed by atoms with Gasteiger partial charge in [-0.25, -0.2) is 4.79 Å². The molecule has 1 rings (SSSR count). The molecule has 1 aromatic heterocycles. The molecule has 1 atom stereocenters. The first-order valence-corrected chi connectivity index (χ1v) is 5.17. The lowest BCUT2D eigenvalue weighted by atomic mass is 10.3. The molecule has 0 spiro atoms. The summed E-state index contributed by atoms with van der Waals surface area (Å²) in [5, 5.41) is 22.3. The molecule has 0 aliphatic carbocycles. The number of carboxylic acids is 1. The van der Waals surface area contributed by atoms with Gasteiger partial charge in [-0.05, 0) is 13.0 Å². The second-order valence-electron chi connectivity index (χ2n) is 3.09. The molecule has 0 radical (unpaired) electrons. The van der Waals surface area contributed by atoms with Crippen LogP contribution in [-0.4, -0.2) is 28.8 Å². The highest BCUT2D eigenvalue weighted by molar-refractivity contribution is 7.10. The van der Waals surface area contributed by atoms with Gasteiger partial charge in [-0.15, -0.1) is 11.3 Å². The summed E-state index contributed by atoms with van der Waals surface area (Å²) in [7, 11) is 0. The lowest BCUT2D eigenvalue weighted by Crippen LogP contribution is -2.23. The monoisotopic (exact) mass is 215 g/mol. The molecule has 0 fully saturated rings. The number of hydrogen-bond donors (Lipinski definition) is 3. The van der Waals surface area contributed by atoms with Crippen LogP contribution < -0.4 is 5.32 Å². The summed E-state index contributed by atoms with van der Waals surface area (Å²) >= 11 is 1.40. The van der Waals surface area contributed by atoms with Crippen molar-refractivity contribution in [3.63, 3.8) is 0 Å². The largest absolute Gasteiger partial charge is 0.478 e. The Morgan fingerprint density at radius 1 is 1.71 bits per heavy atom. The number of carbonyl (C=O) groups is 1. The van der Waals surface area contributed by atoms with E-state index in [2.05, 4.69) is 5.32 Å². The first-order valence-electron chi connectivity index (χ1n) is 4.29. The van der Waals surface area contributed by atoms with Gasteiger partial charge in [-0.2, -0.15) is 0 Å². The van der Waals surface area contributed by atoms with Gasteiger partial charge >= 0.3 is 5.97 Å². The molecule has 0 aliphatic rings. The number of carboxylic acid groups (broad SMARTS) is 1. The summed E-state index contributed by atoms with van der Waals surface area (Å²) in [6.45, 7) is 2.81.